The molecule has 2 aliphatic rings. The quantitative estimate of drug-likeness (QED) is 0.897. The highest BCUT2D eigenvalue weighted by Gasteiger charge is 2.57. The molecular weight excluding hydrogens is 315 g/mol. The van der Waals surface area contributed by atoms with Crippen molar-refractivity contribution in [2.75, 3.05) is 13.1 Å². The number of nitrogens with one attached hydrogen (secondary N) is 2. The van der Waals surface area contributed by atoms with Gasteiger partial charge in [-0.3, -0.25) is 4.79 Å². The van der Waals surface area contributed by atoms with E-state index in [1.54, 1.807) is 12.1 Å². The van der Waals surface area contributed by atoms with Gasteiger partial charge in [0.05, 0.1) is 6.04 Å². The van der Waals surface area contributed by atoms with E-state index in [2.05, 4.69) is 10.6 Å². The van der Waals surface area contributed by atoms with Gasteiger partial charge in [-0.2, -0.15) is 0 Å². The van der Waals surface area contributed by atoms with Crippen LogP contribution in [0.4, 0.5) is 4.39 Å². The van der Waals surface area contributed by atoms with E-state index in [0.29, 0.717) is 0 Å². The van der Waals surface area contributed by atoms with Crippen LogP contribution in [0.15, 0.2) is 54.6 Å². The number of carbonyl (C=O) groups is 1. The van der Waals surface area contributed by atoms with Crippen molar-refractivity contribution in [2.45, 2.75) is 25.3 Å². The van der Waals surface area contributed by atoms with E-state index in [1.807, 2.05) is 30.3 Å². The fourth-order valence-corrected chi connectivity index (χ4v) is 4.10. The number of piperidine rings is 1. The molecule has 2 N–H and O–H groups in total. The van der Waals surface area contributed by atoms with Crippen molar-refractivity contribution in [1.82, 2.24) is 10.6 Å². The third-order valence-corrected chi connectivity index (χ3v) is 5.73. The average Bonchev–Trinajstić information content (AvgIpc) is 3.35. The second-order valence-electron chi connectivity index (χ2n) is 7.27. The van der Waals surface area contributed by atoms with Crippen LogP contribution in [0.5, 0.6) is 0 Å². The summed E-state index contributed by atoms with van der Waals surface area (Å²) < 4.78 is 13.3. The van der Waals surface area contributed by atoms with Gasteiger partial charge in [-0.15, -0.1) is 0 Å². The van der Waals surface area contributed by atoms with Crippen LogP contribution in [0.25, 0.3) is 0 Å². The lowest BCUT2D eigenvalue weighted by Gasteiger charge is -2.25. The summed E-state index contributed by atoms with van der Waals surface area (Å²) in [5.41, 5.74) is 2.13. The van der Waals surface area contributed by atoms with Crippen LogP contribution in [-0.4, -0.2) is 19.0 Å². The Hall–Kier alpha value is -2.20. The number of hydrogen-bond donors (Lipinski definition) is 2. The number of rotatable bonds is 4. The van der Waals surface area contributed by atoms with Gasteiger partial charge in [-0.1, -0.05) is 42.5 Å². The van der Waals surface area contributed by atoms with Crippen molar-refractivity contribution in [3.8, 4) is 0 Å². The van der Waals surface area contributed by atoms with E-state index in [1.165, 1.54) is 12.1 Å². The first kappa shape index (κ1) is 16.3. The maximum absolute atomic E-state index is 13.3. The van der Waals surface area contributed by atoms with Gasteiger partial charge >= 0.3 is 0 Å². The lowest BCUT2D eigenvalue weighted by molar-refractivity contribution is -0.123. The highest BCUT2D eigenvalue weighted by molar-refractivity contribution is 5.83. The maximum Gasteiger partial charge on any atom is 0.224 e. The molecule has 0 radical (unpaired) electrons. The average molecular weight is 338 g/mol. The van der Waals surface area contributed by atoms with Gasteiger partial charge < -0.3 is 10.6 Å². The van der Waals surface area contributed by atoms with Crippen molar-refractivity contribution in [1.29, 1.82) is 0 Å². The Morgan fingerprint density at radius 1 is 1.04 bits per heavy atom. The molecule has 2 atom stereocenters. The summed E-state index contributed by atoms with van der Waals surface area (Å²) in [4.78, 5) is 12.9. The molecule has 25 heavy (non-hydrogen) atoms. The standard InChI is InChI=1S/C21H23FN2O/c22-17-8-6-16(7-9-17)19(15-4-2-1-3-5-15)24-20(25)18-14-21(18)10-12-23-13-11-21/h1-9,18-19,23H,10-14H2,(H,24,25). The van der Waals surface area contributed by atoms with Crippen molar-refractivity contribution < 1.29 is 9.18 Å². The van der Waals surface area contributed by atoms with Crippen LogP contribution in [0.1, 0.15) is 36.4 Å². The molecule has 2 fully saturated rings. The SMILES string of the molecule is O=C(NC(c1ccccc1)c1ccc(F)cc1)C1CC12CCNCC2. The topological polar surface area (TPSA) is 41.1 Å². The van der Waals surface area contributed by atoms with Gasteiger partial charge in [0.2, 0.25) is 5.91 Å². The first-order chi connectivity index (χ1) is 12.2. The lowest BCUT2D eigenvalue weighted by Crippen LogP contribution is -2.35. The van der Waals surface area contributed by atoms with Crippen molar-refractivity contribution in [3.05, 3.63) is 71.5 Å². The van der Waals surface area contributed by atoms with Crippen LogP contribution in [0.2, 0.25) is 0 Å². The summed E-state index contributed by atoms with van der Waals surface area (Å²) in [6.45, 7) is 2.01. The van der Waals surface area contributed by atoms with Gasteiger partial charge in [-0.25, -0.2) is 4.39 Å². The molecule has 1 aliphatic carbocycles. The molecule has 1 saturated heterocycles. The Morgan fingerprint density at radius 3 is 2.36 bits per heavy atom. The molecule has 0 bridgehead atoms. The number of carbonyl (C=O) groups excluding carboxylic acids is 1. The molecule has 1 spiro atoms. The minimum absolute atomic E-state index is 0.112. The van der Waals surface area contributed by atoms with E-state index < -0.39 is 0 Å². The molecular formula is C21H23FN2O. The zero-order chi connectivity index (χ0) is 17.3. The Bertz CT molecular complexity index is 738. The van der Waals surface area contributed by atoms with Gasteiger partial charge in [0.25, 0.3) is 0 Å². The van der Waals surface area contributed by atoms with Crippen molar-refractivity contribution in [2.24, 2.45) is 11.3 Å². The summed E-state index contributed by atoms with van der Waals surface area (Å²) in [7, 11) is 0. The van der Waals surface area contributed by atoms with Crippen LogP contribution in [0, 0.1) is 17.2 Å². The van der Waals surface area contributed by atoms with Crippen molar-refractivity contribution >= 4 is 5.91 Å². The fraction of sp³-hybridized carbons (Fsp3) is 0.381. The monoisotopic (exact) mass is 338 g/mol. The molecule has 1 amide bonds. The molecule has 4 rings (SSSR count). The summed E-state index contributed by atoms with van der Waals surface area (Å²) >= 11 is 0. The summed E-state index contributed by atoms with van der Waals surface area (Å²) in [6, 6.07) is 16.0. The van der Waals surface area contributed by atoms with Gasteiger partial charge in [0.1, 0.15) is 5.82 Å². The molecule has 1 saturated carbocycles. The molecule has 130 valence electrons. The predicted molar refractivity (Wildman–Crippen MR) is 95.5 cm³/mol. The first-order valence-electron chi connectivity index (χ1n) is 8.99. The fourth-order valence-electron chi connectivity index (χ4n) is 4.10. The summed E-state index contributed by atoms with van der Waals surface area (Å²) in [6.07, 6.45) is 3.15. The van der Waals surface area contributed by atoms with Gasteiger partial charge in [0, 0.05) is 5.92 Å². The normalized spacial score (nSPS) is 22.4. The van der Waals surface area contributed by atoms with Crippen molar-refractivity contribution in [3.63, 3.8) is 0 Å². The van der Waals surface area contributed by atoms with Crippen LogP contribution in [-0.2, 0) is 4.79 Å². The smallest absolute Gasteiger partial charge is 0.224 e. The second-order valence-corrected chi connectivity index (χ2v) is 7.27. The molecule has 1 aliphatic heterocycles. The Labute approximate surface area is 147 Å². The Morgan fingerprint density at radius 2 is 1.68 bits per heavy atom. The van der Waals surface area contributed by atoms with Crippen LogP contribution in [0.3, 0.4) is 0 Å². The Kier molecular flexibility index (Phi) is 4.30. The van der Waals surface area contributed by atoms with E-state index in [-0.39, 0.29) is 29.1 Å². The molecule has 2 aromatic carbocycles. The number of hydrogen-bond acceptors (Lipinski definition) is 2. The summed E-state index contributed by atoms with van der Waals surface area (Å²) in [5.74, 6) is -0.0286. The second kappa shape index (κ2) is 6.60. The lowest BCUT2D eigenvalue weighted by atomic mass is 9.91. The minimum Gasteiger partial charge on any atom is -0.345 e. The highest BCUT2D eigenvalue weighted by atomic mass is 19.1. The Balaban J connectivity index is 1.55. The maximum atomic E-state index is 13.3. The minimum atomic E-state index is -0.266. The van der Waals surface area contributed by atoms with E-state index in [9.17, 15) is 9.18 Å². The molecule has 4 heteroatoms. The third-order valence-electron chi connectivity index (χ3n) is 5.73. The van der Waals surface area contributed by atoms with E-state index in [4.69, 9.17) is 0 Å². The number of halogens is 1. The van der Waals surface area contributed by atoms with E-state index >= 15 is 0 Å². The predicted octanol–water partition coefficient (Wildman–Crippen LogP) is 3.42. The molecule has 0 aromatic heterocycles. The molecule has 2 unspecified atom stereocenters. The summed E-state index contributed by atoms with van der Waals surface area (Å²) in [5, 5.41) is 6.59. The third kappa shape index (κ3) is 3.31. The molecule has 2 aromatic rings. The zero-order valence-electron chi connectivity index (χ0n) is 14.2. The first-order valence-corrected chi connectivity index (χ1v) is 8.99. The van der Waals surface area contributed by atoms with E-state index in [0.717, 1.165) is 43.5 Å². The molecule has 1 heterocycles. The van der Waals surface area contributed by atoms with Crippen LogP contribution >= 0.6 is 0 Å². The number of benzene rings is 2. The largest absolute Gasteiger partial charge is 0.345 e. The zero-order valence-corrected chi connectivity index (χ0v) is 14.2. The number of amides is 1. The van der Waals surface area contributed by atoms with Crippen LogP contribution < -0.4 is 10.6 Å². The van der Waals surface area contributed by atoms with Gasteiger partial charge in [0.15, 0.2) is 0 Å². The van der Waals surface area contributed by atoms with Gasteiger partial charge in [-0.05, 0) is 61.0 Å². The molecule has 3 nitrogen and oxygen atoms in total. The highest BCUT2D eigenvalue weighted by Crippen LogP contribution is 2.58.